The number of benzene rings is 1. The maximum Gasteiger partial charge on any atom is 0.337 e. The van der Waals surface area contributed by atoms with Crippen LogP contribution in [0.1, 0.15) is 16.8 Å². The van der Waals surface area contributed by atoms with E-state index in [9.17, 15) is 14.4 Å². The third kappa shape index (κ3) is 2.57. The van der Waals surface area contributed by atoms with E-state index < -0.39 is 17.9 Å². The largest absolute Gasteiger partial charge is 0.481 e. The number of nitrogens with zero attached hydrogens (tertiary/aromatic N) is 1. The Bertz CT molecular complexity index is 540. The van der Waals surface area contributed by atoms with E-state index in [1.807, 2.05) is 0 Å². The van der Waals surface area contributed by atoms with E-state index >= 15 is 0 Å². The van der Waals surface area contributed by atoms with Crippen LogP contribution in [-0.4, -0.2) is 36.6 Å². The van der Waals surface area contributed by atoms with Crippen molar-refractivity contribution in [2.75, 3.05) is 18.6 Å². The monoisotopic (exact) mass is 263 g/mol. The minimum atomic E-state index is -0.986. The zero-order chi connectivity index (χ0) is 14.0. The van der Waals surface area contributed by atoms with E-state index in [1.165, 1.54) is 18.1 Å². The van der Waals surface area contributed by atoms with Crippen molar-refractivity contribution in [1.82, 2.24) is 0 Å². The van der Waals surface area contributed by atoms with E-state index in [2.05, 4.69) is 4.74 Å². The quantitative estimate of drug-likeness (QED) is 0.819. The number of rotatable bonds is 3. The number of carbonyl (C=O) groups excluding carboxylic acids is 2. The van der Waals surface area contributed by atoms with Gasteiger partial charge in [-0.1, -0.05) is 6.07 Å². The van der Waals surface area contributed by atoms with Crippen LogP contribution in [-0.2, 0) is 14.3 Å². The molecule has 1 unspecified atom stereocenters. The van der Waals surface area contributed by atoms with Crippen LogP contribution in [0.15, 0.2) is 24.3 Å². The summed E-state index contributed by atoms with van der Waals surface area (Å²) >= 11 is 0. The normalized spacial score (nSPS) is 18.5. The number of hydrogen-bond acceptors (Lipinski definition) is 4. The zero-order valence-electron chi connectivity index (χ0n) is 10.3. The standard InChI is InChI=1S/C13H13NO5/c1-19-13(18)8-3-2-4-10(5-8)14-7-9(12(16)17)6-11(14)15/h2-5,9H,6-7H2,1H3,(H,16,17). The molecule has 1 aromatic carbocycles. The molecule has 19 heavy (non-hydrogen) atoms. The molecule has 2 rings (SSSR count). The van der Waals surface area contributed by atoms with Crippen LogP contribution < -0.4 is 4.90 Å². The van der Waals surface area contributed by atoms with E-state index in [0.29, 0.717) is 11.3 Å². The number of methoxy groups -OCH3 is 1. The lowest BCUT2D eigenvalue weighted by Crippen LogP contribution is -2.26. The summed E-state index contributed by atoms with van der Waals surface area (Å²) in [5.41, 5.74) is 0.836. The molecule has 1 amide bonds. The summed E-state index contributed by atoms with van der Waals surface area (Å²) in [5, 5.41) is 8.92. The SMILES string of the molecule is COC(=O)c1cccc(N2CC(C(=O)O)CC2=O)c1. The van der Waals surface area contributed by atoms with Crippen molar-refractivity contribution >= 4 is 23.5 Å². The van der Waals surface area contributed by atoms with Crippen LogP contribution in [0, 0.1) is 5.92 Å². The molecule has 0 aliphatic carbocycles. The molecule has 1 aromatic rings. The van der Waals surface area contributed by atoms with Gasteiger partial charge in [0.25, 0.3) is 0 Å². The fourth-order valence-corrected chi connectivity index (χ4v) is 2.04. The summed E-state index contributed by atoms with van der Waals surface area (Å²) in [6.07, 6.45) is -0.0161. The Kier molecular flexibility index (Phi) is 3.50. The fraction of sp³-hybridized carbons (Fsp3) is 0.308. The molecule has 0 saturated carbocycles. The Balaban J connectivity index is 2.25. The first-order valence-electron chi connectivity index (χ1n) is 5.74. The van der Waals surface area contributed by atoms with Gasteiger partial charge < -0.3 is 14.7 Å². The molecule has 6 nitrogen and oxygen atoms in total. The fourth-order valence-electron chi connectivity index (χ4n) is 2.04. The first-order chi connectivity index (χ1) is 9.02. The maximum atomic E-state index is 11.8. The molecule has 0 radical (unpaired) electrons. The molecule has 1 fully saturated rings. The highest BCUT2D eigenvalue weighted by Crippen LogP contribution is 2.26. The molecule has 1 saturated heterocycles. The zero-order valence-corrected chi connectivity index (χ0v) is 10.3. The van der Waals surface area contributed by atoms with Crippen LogP contribution in [0.4, 0.5) is 5.69 Å². The lowest BCUT2D eigenvalue weighted by Gasteiger charge is -2.16. The van der Waals surface area contributed by atoms with Crippen molar-refractivity contribution in [3.63, 3.8) is 0 Å². The van der Waals surface area contributed by atoms with Crippen LogP contribution in [0.3, 0.4) is 0 Å². The van der Waals surface area contributed by atoms with E-state index in [0.717, 1.165) is 0 Å². The predicted octanol–water partition coefficient (Wildman–Crippen LogP) is 0.911. The number of carboxylic acid groups (broad SMARTS) is 1. The molecule has 6 heteroatoms. The average Bonchev–Trinajstić information content (AvgIpc) is 2.80. The van der Waals surface area contributed by atoms with Crippen LogP contribution in [0.25, 0.3) is 0 Å². The van der Waals surface area contributed by atoms with Crippen molar-refractivity contribution in [3.05, 3.63) is 29.8 Å². The summed E-state index contributed by atoms with van der Waals surface area (Å²) in [6.45, 7) is 0.124. The van der Waals surface area contributed by atoms with E-state index in [-0.39, 0.29) is 18.9 Å². The van der Waals surface area contributed by atoms with Gasteiger partial charge in [-0.3, -0.25) is 9.59 Å². The molecule has 0 bridgehead atoms. The van der Waals surface area contributed by atoms with Gasteiger partial charge >= 0.3 is 11.9 Å². The molecule has 0 aromatic heterocycles. The van der Waals surface area contributed by atoms with Gasteiger partial charge in [-0.15, -0.1) is 0 Å². The first-order valence-corrected chi connectivity index (χ1v) is 5.74. The third-order valence-corrected chi connectivity index (χ3v) is 3.05. The molecular weight excluding hydrogens is 250 g/mol. The minimum Gasteiger partial charge on any atom is -0.481 e. The lowest BCUT2D eigenvalue weighted by molar-refractivity contribution is -0.141. The molecule has 100 valence electrons. The van der Waals surface area contributed by atoms with Crippen LogP contribution >= 0.6 is 0 Å². The van der Waals surface area contributed by atoms with Gasteiger partial charge in [0, 0.05) is 18.7 Å². The summed E-state index contributed by atoms with van der Waals surface area (Å²) < 4.78 is 4.60. The van der Waals surface area contributed by atoms with Crippen molar-refractivity contribution < 1.29 is 24.2 Å². The lowest BCUT2D eigenvalue weighted by atomic mass is 10.1. The number of amides is 1. The molecule has 0 spiro atoms. The molecule has 1 N–H and O–H groups in total. The number of ether oxygens (including phenoxy) is 1. The van der Waals surface area contributed by atoms with Crippen LogP contribution in [0.5, 0.6) is 0 Å². The Labute approximate surface area is 109 Å². The number of anilines is 1. The highest BCUT2D eigenvalue weighted by atomic mass is 16.5. The van der Waals surface area contributed by atoms with Crippen LogP contribution in [0.2, 0.25) is 0 Å². The topological polar surface area (TPSA) is 83.9 Å². The number of esters is 1. The number of carbonyl (C=O) groups is 3. The van der Waals surface area contributed by atoms with Crippen molar-refractivity contribution in [2.24, 2.45) is 5.92 Å². The molecule has 1 atom stereocenters. The maximum absolute atomic E-state index is 11.8. The summed E-state index contributed by atoms with van der Waals surface area (Å²) in [6, 6.07) is 6.38. The molecule has 1 heterocycles. The second kappa shape index (κ2) is 5.09. The summed E-state index contributed by atoms with van der Waals surface area (Å²) in [5.74, 6) is -2.44. The Morgan fingerprint density at radius 2 is 2.16 bits per heavy atom. The minimum absolute atomic E-state index is 0.0161. The van der Waals surface area contributed by atoms with Crippen molar-refractivity contribution in [3.8, 4) is 0 Å². The Morgan fingerprint density at radius 1 is 1.42 bits per heavy atom. The third-order valence-electron chi connectivity index (χ3n) is 3.05. The highest BCUT2D eigenvalue weighted by molar-refractivity contribution is 6.00. The van der Waals surface area contributed by atoms with E-state index in [1.54, 1.807) is 18.2 Å². The van der Waals surface area contributed by atoms with Gasteiger partial charge in [0.05, 0.1) is 18.6 Å². The summed E-state index contributed by atoms with van der Waals surface area (Å²) in [4.78, 5) is 35.5. The van der Waals surface area contributed by atoms with Gasteiger partial charge in [-0.05, 0) is 18.2 Å². The molecule has 1 aliphatic heterocycles. The average molecular weight is 263 g/mol. The second-order valence-electron chi connectivity index (χ2n) is 4.29. The first kappa shape index (κ1) is 13.1. The number of carboxylic acids is 1. The van der Waals surface area contributed by atoms with Gasteiger partial charge in [0.15, 0.2) is 0 Å². The Morgan fingerprint density at radius 3 is 2.74 bits per heavy atom. The van der Waals surface area contributed by atoms with Gasteiger partial charge in [0.1, 0.15) is 0 Å². The molecular formula is C13H13NO5. The highest BCUT2D eigenvalue weighted by Gasteiger charge is 2.35. The van der Waals surface area contributed by atoms with Gasteiger partial charge in [-0.2, -0.15) is 0 Å². The van der Waals surface area contributed by atoms with Crippen molar-refractivity contribution in [2.45, 2.75) is 6.42 Å². The van der Waals surface area contributed by atoms with Crippen molar-refractivity contribution in [1.29, 1.82) is 0 Å². The second-order valence-corrected chi connectivity index (χ2v) is 4.29. The van der Waals surface area contributed by atoms with Gasteiger partial charge in [0.2, 0.25) is 5.91 Å². The smallest absolute Gasteiger partial charge is 0.337 e. The van der Waals surface area contributed by atoms with E-state index in [4.69, 9.17) is 5.11 Å². The summed E-state index contributed by atoms with van der Waals surface area (Å²) in [7, 11) is 1.27. The predicted molar refractivity (Wildman–Crippen MR) is 65.9 cm³/mol. The number of hydrogen-bond donors (Lipinski definition) is 1. The number of aliphatic carboxylic acids is 1. The Hall–Kier alpha value is -2.37. The molecule has 1 aliphatic rings. The van der Waals surface area contributed by atoms with Gasteiger partial charge in [-0.25, -0.2) is 4.79 Å².